The molecule has 0 unspecified atom stereocenters. The normalized spacial score (nSPS) is 10.9. The maximum absolute atomic E-state index is 12.6. The standard InChI is InChI=1S/C27H26N2O7/c1-33-22-12-13-23(28-26(30)14-8-18-6-10-21(11-7-18)29(31)32)20(17-22)9-5-19-15-24(34-2)27(36-4)25(16-19)35-3/h5-17H,1-4H3,(H,28,30)/b9-5?,14-8+. The third-order valence-corrected chi connectivity index (χ3v) is 5.19. The van der Waals surface area contributed by atoms with Crippen molar-refractivity contribution in [2.45, 2.75) is 0 Å². The molecule has 0 saturated carbocycles. The molecule has 0 aliphatic rings. The van der Waals surface area contributed by atoms with E-state index in [0.717, 1.165) is 5.56 Å². The highest BCUT2D eigenvalue weighted by Gasteiger charge is 2.12. The summed E-state index contributed by atoms with van der Waals surface area (Å²) in [5, 5.41) is 13.6. The summed E-state index contributed by atoms with van der Waals surface area (Å²) in [4.78, 5) is 22.9. The van der Waals surface area contributed by atoms with Gasteiger partial charge in [-0.15, -0.1) is 0 Å². The second kappa shape index (κ2) is 12.1. The van der Waals surface area contributed by atoms with Crippen LogP contribution in [0.5, 0.6) is 23.0 Å². The number of nitrogens with zero attached hydrogens (tertiary/aromatic N) is 1. The van der Waals surface area contributed by atoms with Gasteiger partial charge in [-0.25, -0.2) is 0 Å². The van der Waals surface area contributed by atoms with Crippen LogP contribution in [0, 0.1) is 10.1 Å². The molecule has 9 heteroatoms. The van der Waals surface area contributed by atoms with E-state index in [1.54, 1.807) is 57.7 Å². The number of hydrogen-bond acceptors (Lipinski definition) is 7. The van der Waals surface area contributed by atoms with Crippen molar-refractivity contribution in [3.05, 3.63) is 87.5 Å². The Labute approximate surface area is 208 Å². The summed E-state index contributed by atoms with van der Waals surface area (Å²) in [6.07, 6.45) is 6.62. The van der Waals surface area contributed by atoms with Gasteiger partial charge in [0.05, 0.1) is 33.4 Å². The number of nitro groups is 1. The van der Waals surface area contributed by atoms with Crippen molar-refractivity contribution in [3.8, 4) is 23.0 Å². The highest BCUT2D eigenvalue weighted by atomic mass is 16.6. The van der Waals surface area contributed by atoms with Crippen LogP contribution in [0.15, 0.2) is 60.7 Å². The molecule has 1 N–H and O–H groups in total. The van der Waals surface area contributed by atoms with Gasteiger partial charge in [-0.05, 0) is 59.7 Å². The first kappa shape index (κ1) is 25.8. The Hall–Kier alpha value is -4.79. The van der Waals surface area contributed by atoms with Gasteiger partial charge < -0.3 is 24.3 Å². The topological polar surface area (TPSA) is 109 Å². The number of carbonyl (C=O) groups is 1. The minimum atomic E-state index is -0.475. The van der Waals surface area contributed by atoms with E-state index in [2.05, 4.69) is 5.32 Å². The van der Waals surface area contributed by atoms with Crippen molar-refractivity contribution in [1.29, 1.82) is 0 Å². The van der Waals surface area contributed by atoms with Crippen LogP contribution in [0.4, 0.5) is 11.4 Å². The fourth-order valence-corrected chi connectivity index (χ4v) is 3.36. The van der Waals surface area contributed by atoms with Crippen LogP contribution in [0.25, 0.3) is 18.2 Å². The lowest BCUT2D eigenvalue weighted by Gasteiger charge is -2.13. The van der Waals surface area contributed by atoms with E-state index in [4.69, 9.17) is 18.9 Å². The number of anilines is 1. The number of carbonyl (C=O) groups excluding carboxylic acids is 1. The van der Waals surface area contributed by atoms with Crippen molar-refractivity contribution < 1.29 is 28.7 Å². The summed E-state index contributed by atoms with van der Waals surface area (Å²) < 4.78 is 21.5. The number of benzene rings is 3. The van der Waals surface area contributed by atoms with Crippen molar-refractivity contribution >= 4 is 35.5 Å². The molecule has 3 aromatic carbocycles. The molecule has 9 nitrogen and oxygen atoms in total. The van der Waals surface area contributed by atoms with Crippen LogP contribution in [0.2, 0.25) is 0 Å². The van der Waals surface area contributed by atoms with Gasteiger partial charge in [0.25, 0.3) is 5.69 Å². The Morgan fingerprint density at radius 1 is 0.806 bits per heavy atom. The largest absolute Gasteiger partial charge is 0.497 e. The first-order chi connectivity index (χ1) is 17.4. The van der Waals surface area contributed by atoms with Gasteiger partial charge in [-0.2, -0.15) is 0 Å². The number of non-ortho nitro benzene ring substituents is 1. The molecule has 1 amide bonds. The van der Waals surface area contributed by atoms with Crippen LogP contribution < -0.4 is 24.3 Å². The molecule has 3 rings (SSSR count). The van der Waals surface area contributed by atoms with Gasteiger partial charge in [-0.3, -0.25) is 14.9 Å². The Kier molecular flexibility index (Phi) is 8.66. The number of nitro benzene ring substituents is 1. The molecule has 0 heterocycles. The predicted octanol–water partition coefficient (Wildman–Crippen LogP) is 5.45. The van der Waals surface area contributed by atoms with Gasteiger partial charge in [0, 0.05) is 29.5 Å². The molecule has 0 aliphatic heterocycles. The van der Waals surface area contributed by atoms with Crippen molar-refractivity contribution in [3.63, 3.8) is 0 Å². The number of ether oxygens (including phenoxy) is 4. The number of nitrogens with one attached hydrogen (secondary N) is 1. The van der Waals surface area contributed by atoms with E-state index in [1.807, 2.05) is 24.3 Å². The fourth-order valence-electron chi connectivity index (χ4n) is 3.36. The lowest BCUT2D eigenvalue weighted by atomic mass is 10.1. The number of amides is 1. The molecule has 0 atom stereocenters. The molecule has 0 saturated heterocycles. The lowest BCUT2D eigenvalue weighted by molar-refractivity contribution is -0.384. The minimum absolute atomic E-state index is 0.0154. The van der Waals surface area contributed by atoms with Crippen molar-refractivity contribution in [2.24, 2.45) is 0 Å². The van der Waals surface area contributed by atoms with Gasteiger partial charge in [0.2, 0.25) is 11.7 Å². The summed E-state index contributed by atoms with van der Waals surface area (Å²) in [7, 11) is 6.19. The predicted molar refractivity (Wildman–Crippen MR) is 139 cm³/mol. The minimum Gasteiger partial charge on any atom is -0.497 e. The summed E-state index contributed by atoms with van der Waals surface area (Å²) in [5.74, 6) is 1.80. The third-order valence-electron chi connectivity index (χ3n) is 5.19. The molecule has 0 fully saturated rings. The molecule has 3 aromatic rings. The van der Waals surface area contributed by atoms with Crippen LogP contribution in [-0.4, -0.2) is 39.3 Å². The summed E-state index contributed by atoms with van der Waals surface area (Å²) in [6.45, 7) is 0. The van der Waals surface area contributed by atoms with Gasteiger partial charge in [0.1, 0.15) is 5.75 Å². The zero-order valence-electron chi connectivity index (χ0n) is 20.3. The molecule has 0 aliphatic carbocycles. The fraction of sp³-hybridized carbons (Fsp3) is 0.148. The maximum atomic E-state index is 12.6. The molecule has 0 spiro atoms. The molecule has 0 radical (unpaired) electrons. The average molecular weight is 491 g/mol. The van der Waals surface area contributed by atoms with E-state index in [-0.39, 0.29) is 11.6 Å². The summed E-state index contributed by atoms with van der Waals surface area (Å²) >= 11 is 0. The van der Waals surface area contributed by atoms with Crippen LogP contribution in [0.1, 0.15) is 16.7 Å². The SMILES string of the molecule is COc1ccc(NC(=O)/C=C/c2ccc([N+](=O)[O-])cc2)c(C=Cc2cc(OC)c(OC)c(OC)c2)c1. The van der Waals surface area contributed by atoms with E-state index in [1.165, 1.54) is 25.3 Å². The summed E-state index contributed by atoms with van der Waals surface area (Å²) in [5.41, 5.74) is 2.71. The second-order valence-corrected chi connectivity index (χ2v) is 7.42. The first-order valence-electron chi connectivity index (χ1n) is 10.8. The van der Waals surface area contributed by atoms with Gasteiger partial charge in [0.15, 0.2) is 11.5 Å². The van der Waals surface area contributed by atoms with Crippen LogP contribution >= 0.6 is 0 Å². The van der Waals surface area contributed by atoms with Crippen LogP contribution in [-0.2, 0) is 4.79 Å². The highest BCUT2D eigenvalue weighted by molar-refractivity contribution is 6.03. The Bertz CT molecular complexity index is 1270. The van der Waals surface area contributed by atoms with Crippen molar-refractivity contribution in [2.75, 3.05) is 33.8 Å². The van der Waals surface area contributed by atoms with E-state index in [0.29, 0.717) is 39.8 Å². The smallest absolute Gasteiger partial charge is 0.269 e. The Morgan fingerprint density at radius 2 is 1.47 bits per heavy atom. The molecular formula is C27H26N2O7. The maximum Gasteiger partial charge on any atom is 0.269 e. The molecule has 36 heavy (non-hydrogen) atoms. The van der Waals surface area contributed by atoms with E-state index in [9.17, 15) is 14.9 Å². The number of rotatable bonds is 10. The van der Waals surface area contributed by atoms with Crippen molar-refractivity contribution in [1.82, 2.24) is 0 Å². The zero-order valence-corrected chi connectivity index (χ0v) is 20.3. The monoisotopic (exact) mass is 490 g/mol. The van der Waals surface area contributed by atoms with E-state index < -0.39 is 4.92 Å². The van der Waals surface area contributed by atoms with Crippen LogP contribution in [0.3, 0.4) is 0 Å². The molecule has 0 aromatic heterocycles. The molecule has 0 bridgehead atoms. The van der Waals surface area contributed by atoms with Gasteiger partial charge in [-0.1, -0.05) is 12.2 Å². The van der Waals surface area contributed by atoms with Gasteiger partial charge >= 0.3 is 0 Å². The lowest BCUT2D eigenvalue weighted by Crippen LogP contribution is -2.09. The Morgan fingerprint density at radius 3 is 2.03 bits per heavy atom. The molecule has 186 valence electrons. The van der Waals surface area contributed by atoms with E-state index >= 15 is 0 Å². The third kappa shape index (κ3) is 6.41. The highest BCUT2D eigenvalue weighted by Crippen LogP contribution is 2.38. The summed E-state index contributed by atoms with van der Waals surface area (Å²) in [6, 6.07) is 14.8. The first-order valence-corrected chi connectivity index (χ1v) is 10.8. The second-order valence-electron chi connectivity index (χ2n) is 7.42. The zero-order chi connectivity index (χ0) is 26.1. The number of methoxy groups -OCH3 is 4. The average Bonchev–Trinajstić information content (AvgIpc) is 2.90. The Balaban J connectivity index is 1.84. The number of hydrogen-bond donors (Lipinski definition) is 1. The molecular weight excluding hydrogens is 464 g/mol. The quantitative estimate of drug-likeness (QED) is 0.174.